The second-order valence-corrected chi connectivity index (χ2v) is 8.58. The van der Waals surface area contributed by atoms with E-state index in [0.717, 1.165) is 50.0 Å². The van der Waals surface area contributed by atoms with E-state index < -0.39 is 0 Å². The number of benzene rings is 1. The number of likely N-dealkylation sites (tertiary alicyclic amines) is 2. The van der Waals surface area contributed by atoms with Crippen LogP contribution in [0.5, 0.6) is 0 Å². The molecule has 2 saturated heterocycles. The zero-order valence-corrected chi connectivity index (χ0v) is 17.3. The van der Waals surface area contributed by atoms with Gasteiger partial charge in [0.2, 0.25) is 17.7 Å². The second kappa shape index (κ2) is 9.96. The van der Waals surface area contributed by atoms with Crippen LogP contribution < -0.4 is 5.32 Å². The van der Waals surface area contributed by atoms with E-state index in [0.29, 0.717) is 18.8 Å². The van der Waals surface area contributed by atoms with Gasteiger partial charge in [-0.3, -0.25) is 14.4 Å². The SMILES string of the molecule is Cc1cccc(NC(=O)CSCC(=O)N2CCC(C(=O)N3CCCC3)CC2)c1. The summed E-state index contributed by atoms with van der Waals surface area (Å²) in [7, 11) is 0. The lowest BCUT2D eigenvalue weighted by atomic mass is 9.95. The molecule has 1 aromatic carbocycles. The minimum Gasteiger partial charge on any atom is -0.342 e. The lowest BCUT2D eigenvalue weighted by Gasteiger charge is -2.33. The summed E-state index contributed by atoms with van der Waals surface area (Å²) < 4.78 is 0. The first-order chi connectivity index (χ1) is 13.5. The Kier molecular flexibility index (Phi) is 7.36. The molecule has 28 heavy (non-hydrogen) atoms. The molecule has 0 unspecified atom stereocenters. The van der Waals surface area contributed by atoms with Crippen molar-refractivity contribution in [3.63, 3.8) is 0 Å². The molecule has 3 amide bonds. The molecule has 6 nitrogen and oxygen atoms in total. The van der Waals surface area contributed by atoms with Gasteiger partial charge in [-0.15, -0.1) is 11.8 Å². The number of nitrogens with zero attached hydrogens (tertiary/aromatic N) is 2. The molecule has 1 aromatic rings. The molecule has 0 bridgehead atoms. The molecule has 2 aliphatic rings. The monoisotopic (exact) mass is 403 g/mol. The summed E-state index contributed by atoms with van der Waals surface area (Å²) in [6, 6.07) is 7.65. The van der Waals surface area contributed by atoms with Gasteiger partial charge in [0, 0.05) is 37.8 Å². The molecule has 1 N–H and O–H groups in total. The van der Waals surface area contributed by atoms with Crippen molar-refractivity contribution in [2.75, 3.05) is 43.0 Å². The van der Waals surface area contributed by atoms with Gasteiger partial charge in [0.1, 0.15) is 0 Å². The Bertz CT molecular complexity index is 711. The fraction of sp³-hybridized carbons (Fsp3) is 0.571. The predicted molar refractivity (Wildman–Crippen MR) is 112 cm³/mol. The molecule has 0 spiro atoms. The largest absolute Gasteiger partial charge is 0.342 e. The van der Waals surface area contributed by atoms with Crippen molar-refractivity contribution in [2.45, 2.75) is 32.6 Å². The fourth-order valence-electron chi connectivity index (χ4n) is 3.81. The van der Waals surface area contributed by atoms with Crippen LogP contribution in [0.1, 0.15) is 31.2 Å². The van der Waals surface area contributed by atoms with Gasteiger partial charge < -0.3 is 15.1 Å². The third-order valence-corrected chi connectivity index (χ3v) is 6.29. The van der Waals surface area contributed by atoms with Gasteiger partial charge in [-0.2, -0.15) is 0 Å². The van der Waals surface area contributed by atoms with Gasteiger partial charge in [-0.05, 0) is 50.3 Å². The van der Waals surface area contributed by atoms with Crippen LogP contribution in [-0.4, -0.2) is 65.2 Å². The van der Waals surface area contributed by atoms with Gasteiger partial charge >= 0.3 is 0 Å². The molecule has 0 atom stereocenters. The summed E-state index contributed by atoms with van der Waals surface area (Å²) in [5.74, 6) is 0.843. The van der Waals surface area contributed by atoms with E-state index in [4.69, 9.17) is 0 Å². The van der Waals surface area contributed by atoms with Crippen LogP contribution in [0.15, 0.2) is 24.3 Å². The molecule has 3 rings (SSSR count). The smallest absolute Gasteiger partial charge is 0.234 e. The van der Waals surface area contributed by atoms with Crippen LogP contribution in [0.2, 0.25) is 0 Å². The molecule has 2 aliphatic heterocycles. The first-order valence-electron chi connectivity index (χ1n) is 10.0. The first kappa shape index (κ1) is 20.7. The molecule has 0 radical (unpaired) electrons. The van der Waals surface area contributed by atoms with Crippen LogP contribution in [0.3, 0.4) is 0 Å². The Morgan fingerprint density at radius 2 is 1.75 bits per heavy atom. The maximum absolute atomic E-state index is 12.5. The molecular weight excluding hydrogens is 374 g/mol. The van der Waals surface area contributed by atoms with Crippen LogP contribution in [0.4, 0.5) is 5.69 Å². The van der Waals surface area contributed by atoms with Crippen molar-refractivity contribution in [2.24, 2.45) is 5.92 Å². The van der Waals surface area contributed by atoms with Crippen LogP contribution >= 0.6 is 11.8 Å². The normalized spacial score (nSPS) is 17.6. The van der Waals surface area contributed by atoms with E-state index >= 15 is 0 Å². The quantitative estimate of drug-likeness (QED) is 0.792. The van der Waals surface area contributed by atoms with Crippen molar-refractivity contribution in [1.82, 2.24) is 9.80 Å². The standard InChI is InChI=1S/C21H29N3O3S/c1-16-5-4-6-18(13-16)22-19(25)14-28-15-20(26)23-11-7-17(8-12-23)21(27)24-9-2-3-10-24/h4-6,13,17H,2-3,7-12,14-15H2,1H3,(H,22,25). The number of carbonyl (C=O) groups is 3. The highest BCUT2D eigenvalue weighted by Crippen LogP contribution is 2.22. The highest BCUT2D eigenvalue weighted by atomic mass is 32.2. The van der Waals surface area contributed by atoms with Gasteiger partial charge in [0.15, 0.2) is 0 Å². The van der Waals surface area contributed by atoms with Gasteiger partial charge in [0.25, 0.3) is 0 Å². The van der Waals surface area contributed by atoms with Crippen LogP contribution in [0, 0.1) is 12.8 Å². The zero-order valence-electron chi connectivity index (χ0n) is 16.5. The van der Waals surface area contributed by atoms with Crippen molar-refractivity contribution in [3.8, 4) is 0 Å². The van der Waals surface area contributed by atoms with E-state index in [1.165, 1.54) is 11.8 Å². The maximum atomic E-state index is 12.5. The Hall–Kier alpha value is -2.02. The second-order valence-electron chi connectivity index (χ2n) is 7.60. The Morgan fingerprint density at radius 3 is 2.43 bits per heavy atom. The third-order valence-electron chi connectivity index (χ3n) is 5.38. The molecule has 0 saturated carbocycles. The van der Waals surface area contributed by atoms with E-state index in [1.54, 1.807) is 0 Å². The minimum absolute atomic E-state index is 0.0560. The summed E-state index contributed by atoms with van der Waals surface area (Å²) in [4.78, 5) is 40.7. The molecular formula is C21H29N3O3S. The maximum Gasteiger partial charge on any atom is 0.234 e. The number of hydrogen-bond donors (Lipinski definition) is 1. The highest BCUT2D eigenvalue weighted by Gasteiger charge is 2.31. The van der Waals surface area contributed by atoms with Gasteiger partial charge in [-0.25, -0.2) is 0 Å². The summed E-state index contributed by atoms with van der Waals surface area (Å²) in [5, 5.41) is 2.85. The Balaban J connectivity index is 1.34. The first-order valence-corrected chi connectivity index (χ1v) is 11.2. The van der Waals surface area contributed by atoms with Crippen LogP contribution in [-0.2, 0) is 14.4 Å². The van der Waals surface area contributed by atoms with Crippen molar-refractivity contribution in [3.05, 3.63) is 29.8 Å². The van der Waals surface area contributed by atoms with Gasteiger partial charge in [0.05, 0.1) is 11.5 Å². The minimum atomic E-state index is -0.0988. The molecule has 152 valence electrons. The lowest BCUT2D eigenvalue weighted by molar-refractivity contribution is -0.139. The number of aryl methyl sites for hydroxylation is 1. The number of thioether (sulfide) groups is 1. The van der Waals surface area contributed by atoms with E-state index in [1.807, 2.05) is 41.0 Å². The number of nitrogens with one attached hydrogen (secondary N) is 1. The zero-order chi connectivity index (χ0) is 19.9. The average molecular weight is 404 g/mol. The summed E-state index contributed by atoms with van der Waals surface area (Å²) in [5.41, 5.74) is 1.87. The fourth-order valence-corrected chi connectivity index (χ4v) is 4.53. The van der Waals surface area contributed by atoms with Crippen LogP contribution in [0.25, 0.3) is 0 Å². The Labute approximate surface area is 171 Å². The van der Waals surface area contributed by atoms with E-state index in [2.05, 4.69) is 5.32 Å². The number of anilines is 1. The number of rotatable bonds is 6. The molecule has 0 aliphatic carbocycles. The van der Waals surface area contributed by atoms with Gasteiger partial charge in [-0.1, -0.05) is 12.1 Å². The van der Waals surface area contributed by atoms with E-state index in [9.17, 15) is 14.4 Å². The number of amides is 3. The van der Waals surface area contributed by atoms with Crippen molar-refractivity contribution in [1.29, 1.82) is 0 Å². The molecule has 0 aromatic heterocycles. The summed E-state index contributed by atoms with van der Waals surface area (Å²) in [6.07, 6.45) is 3.72. The summed E-state index contributed by atoms with van der Waals surface area (Å²) >= 11 is 1.34. The average Bonchev–Trinajstić information content (AvgIpc) is 3.22. The lowest BCUT2D eigenvalue weighted by Crippen LogP contribution is -2.44. The molecule has 2 fully saturated rings. The number of hydrogen-bond acceptors (Lipinski definition) is 4. The third kappa shape index (κ3) is 5.74. The Morgan fingerprint density at radius 1 is 1.04 bits per heavy atom. The molecule has 2 heterocycles. The predicted octanol–water partition coefficient (Wildman–Crippen LogP) is 2.53. The van der Waals surface area contributed by atoms with E-state index in [-0.39, 0.29) is 29.4 Å². The number of carbonyl (C=O) groups excluding carboxylic acids is 3. The topological polar surface area (TPSA) is 69.7 Å². The van der Waals surface area contributed by atoms with Crippen molar-refractivity contribution < 1.29 is 14.4 Å². The van der Waals surface area contributed by atoms with Crippen molar-refractivity contribution >= 4 is 35.2 Å². The highest BCUT2D eigenvalue weighted by molar-refractivity contribution is 8.00. The summed E-state index contributed by atoms with van der Waals surface area (Å²) in [6.45, 7) is 5.03. The molecule has 7 heteroatoms. The number of piperidine rings is 1.